The van der Waals surface area contributed by atoms with Crippen LogP contribution in [0.1, 0.15) is 12.8 Å². The van der Waals surface area contributed by atoms with Crippen molar-refractivity contribution >= 4 is 28.9 Å². The van der Waals surface area contributed by atoms with Crippen LogP contribution in [0.5, 0.6) is 0 Å². The van der Waals surface area contributed by atoms with Crippen LogP contribution in [0.25, 0.3) is 0 Å². The maximum atomic E-state index is 12.3. The number of hydrogen-bond acceptors (Lipinski definition) is 3. The van der Waals surface area contributed by atoms with Crippen molar-refractivity contribution in [3.8, 4) is 0 Å². The zero-order valence-electron chi connectivity index (χ0n) is 12.2. The second-order valence-electron chi connectivity index (χ2n) is 5.47. The topological polar surface area (TPSA) is 45.2 Å². The van der Waals surface area contributed by atoms with Crippen LogP contribution >= 0.6 is 11.6 Å². The Morgan fingerprint density at radius 3 is 2.73 bits per heavy atom. The lowest BCUT2D eigenvalue weighted by molar-refractivity contribution is -0.120. The molecule has 1 aliphatic heterocycles. The molecule has 1 amide bonds. The summed E-state index contributed by atoms with van der Waals surface area (Å²) in [7, 11) is 0. The summed E-state index contributed by atoms with van der Waals surface area (Å²) in [6, 6.07) is 11.5. The largest absolute Gasteiger partial charge is 0.371 e. The fourth-order valence-electron chi connectivity index (χ4n) is 2.75. The Labute approximate surface area is 135 Å². The van der Waals surface area contributed by atoms with Crippen molar-refractivity contribution in [1.29, 1.82) is 0 Å². The number of amides is 1. The van der Waals surface area contributed by atoms with Crippen LogP contribution in [-0.2, 0) is 4.79 Å². The Hall–Kier alpha value is -2.07. The summed E-state index contributed by atoms with van der Waals surface area (Å²) in [4.78, 5) is 18.6. The van der Waals surface area contributed by atoms with E-state index in [0.29, 0.717) is 0 Å². The predicted molar refractivity (Wildman–Crippen MR) is 89.3 cm³/mol. The van der Waals surface area contributed by atoms with Gasteiger partial charge in [0, 0.05) is 35.9 Å². The molecule has 0 atom stereocenters. The van der Waals surface area contributed by atoms with Gasteiger partial charge >= 0.3 is 0 Å². The summed E-state index contributed by atoms with van der Waals surface area (Å²) in [6.45, 7) is 1.73. The van der Waals surface area contributed by atoms with Crippen molar-refractivity contribution in [3.63, 3.8) is 0 Å². The molecule has 1 aromatic carbocycles. The molecule has 22 heavy (non-hydrogen) atoms. The van der Waals surface area contributed by atoms with Crippen LogP contribution in [0.15, 0.2) is 48.8 Å². The average molecular weight is 316 g/mol. The van der Waals surface area contributed by atoms with Crippen molar-refractivity contribution < 1.29 is 4.79 Å². The maximum absolute atomic E-state index is 12.3. The van der Waals surface area contributed by atoms with Gasteiger partial charge in [-0.2, -0.15) is 0 Å². The summed E-state index contributed by atoms with van der Waals surface area (Å²) in [6.07, 6.45) is 5.05. The molecule has 2 aromatic rings. The number of piperidine rings is 1. The molecule has 0 spiro atoms. The second-order valence-corrected chi connectivity index (χ2v) is 5.91. The molecule has 4 nitrogen and oxygen atoms in total. The lowest BCUT2D eigenvalue weighted by atomic mass is 9.95. The highest BCUT2D eigenvalue weighted by Gasteiger charge is 2.25. The standard InChI is InChI=1S/C17H18ClN3O/c18-14-3-1-5-16(11-14)21-9-6-13(7-10-21)17(22)20-15-4-2-8-19-12-15/h1-5,8,11-13H,6-7,9-10H2,(H,20,22). The Morgan fingerprint density at radius 2 is 2.05 bits per heavy atom. The number of rotatable bonds is 3. The molecule has 0 saturated carbocycles. The van der Waals surface area contributed by atoms with Crippen molar-refractivity contribution in [2.75, 3.05) is 23.3 Å². The van der Waals surface area contributed by atoms with Gasteiger partial charge in [0.1, 0.15) is 0 Å². The van der Waals surface area contributed by atoms with Crippen LogP contribution in [0.4, 0.5) is 11.4 Å². The maximum Gasteiger partial charge on any atom is 0.227 e. The van der Waals surface area contributed by atoms with E-state index >= 15 is 0 Å². The highest BCUT2D eigenvalue weighted by Crippen LogP contribution is 2.26. The molecule has 0 unspecified atom stereocenters. The molecule has 3 rings (SSSR count). The van der Waals surface area contributed by atoms with Crippen molar-refractivity contribution in [2.45, 2.75) is 12.8 Å². The quantitative estimate of drug-likeness (QED) is 0.941. The van der Waals surface area contributed by atoms with E-state index in [0.717, 1.165) is 42.3 Å². The molecule has 0 radical (unpaired) electrons. The number of carbonyl (C=O) groups excluding carboxylic acids is 1. The first-order valence-corrected chi connectivity index (χ1v) is 7.81. The first-order valence-electron chi connectivity index (χ1n) is 7.44. The fraction of sp³-hybridized carbons (Fsp3) is 0.294. The van der Waals surface area contributed by atoms with Gasteiger partial charge in [-0.25, -0.2) is 0 Å². The van der Waals surface area contributed by atoms with Gasteiger partial charge in [-0.15, -0.1) is 0 Å². The monoisotopic (exact) mass is 315 g/mol. The highest BCUT2D eigenvalue weighted by atomic mass is 35.5. The average Bonchev–Trinajstić information content (AvgIpc) is 2.56. The number of anilines is 2. The number of benzene rings is 1. The van der Waals surface area contributed by atoms with E-state index in [1.54, 1.807) is 12.4 Å². The number of pyridine rings is 1. The predicted octanol–water partition coefficient (Wildman–Crippen LogP) is 3.59. The molecule has 1 saturated heterocycles. The molecule has 1 aliphatic rings. The summed E-state index contributed by atoms with van der Waals surface area (Å²) >= 11 is 6.04. The first-order chi connectivity index (χ1) is 10.7. The van der Waals surface area contributed by atoms with E-state index in [1.165, 1.54) is 0 Å². The molecule has 2 heterocycles. The minimum Gasteiger partial charge on any atom is -0.371 e. The SMILES string of the molecule is O=C(Nc1cccnc1)C1CCN(c2cccc(Cl)c2)CC1. The molecule has 1 fully saturated rings. The van der Waals surface area contributed by atoms with E-state index in [1.807, 2.05) is 30.3 Å². The molecule has 0 aliphatic carbocycles. The molecule has 5 heteroatoms. The van der Waals surface area contributed by atoms with Gasteiger partial charge in [0.15, 0.2) is 0 Å². The van der Waals surface area contributed by atoms with Crippen LogP contribution in [0, 0.1) is 5.92 Å². The van der Waals surface area contributed by atoms with Crippen LogP contribution < -0.4 is 10.2 Å². The summed E-state index contributed by atoms with van der Waals surface area (Å²) < 4.78 is 0. The smallest absolute Gasteiger partial charge is 0.227 e. The molecular weight excluding hydrogens is 298 g/mol. The third-order valence-electron chi connectivity index (χ3n) is 3.97. The van der Waals surface area contributed by atoms with E-state index in [2.05, 4.69) is 21.3 Å². The van der Waals surface area contributed by atoms with Crippen molar-refractivity contribution in [2.24, 2.45) is 5.92 Å². The van der Waals surface area contributed by atoms with Gasteiger partial charge in [-0.3, -0.25) is 9.78 Å². The van der Waals surface area contributed by atoms with E-state index in [9.17, 15) is 4.79 Å². The second kappa shape index (κ2) is 6.79. The van der Waals surface area contributed by atoms with Crippen LogP contribution in [-0.4, -0.2) is 24.0 Å². The summed E-state index contributed by atoms with van der Waals surface area (Å²) in [5.41, 5.74) is 1.88. The van der Waals surface area contributed by atoms with Gasteiger partial charge < -0.3 is 10.2 Å². The number of halogens is 1. The van der Waals surface area contributed by atoms with Crippen LogP contribution in [0.2, 0.25) is 5.02 Å². The van der Waals surface area contributed by atoms with E-state index in [4.69, 9.17) is 11.6 Å². The first kappa shape index (κ1) is 14.9. The summed E-state index contributed by atoms with van der Waals surface area (Å²) in [5.74, 6) is 0.134. The normalized spacial score (nSPS) is 15.6. The lowest BCUT2D eigenvalue weighted by Crippen LogP contribution is -2.38. The minimum atomic E-state index is 0.0515. The number of nitrogens with zero attached hydrogens (tertiary/aromatic N) is 2. The van der Waals surface area contributed by atoms with Gasteiger partial charge in [-0.1, -0.05) is 17.7 Å². The third-order valence-corrected chi connectivity index (χ3v) is 4.20. The minimum absolute atomic E-state index is 0.0515. The van der Waals surface area contributed by atoms with Crippen molar-refractivity contribution in [3.05, 3.63) is 53.8 Å². The Balaban J connectivity index is 1.56. The van der Waals surface area contributed by atoms with Crippen molar-refractivity contribution in [1.82, 2.24) is 4.98 Å². The van der Waals surface area contributed by atoms with E-state index in [-0.39, 0.29) is 11.8 Å². The molecule has 1 aromatic heterocycles. The Morgan fingerprint density at radius 1 is 1.23 bits per heavy atom. The van der Waals surface area contributed by atoms with E-state index < -0.39 is 0 Å². The fourth-order valence-corrected chi connectivity index (χ4v) is 2.94. The van der Waals surface area contributed by atoms with Gasteiger partial charge in [0.2, 0.25) is 5.91 Å². The molecule has 114 valence electrons. The molecule has 1 N–H and O–H groups in total. The third kappa shape index (κ3) is 3.57. The Kier molecular flexibility index (Phi) is 4.59. The summed E-state index contributed by atoms with van der Waals surface area (Å²) in [5, 5.41) is 3.68. The number of aromatic nitrogens is 1. The number of hydrogen-bond donors (Lipinski definition) is 1. The van der Waals surface area contributed by atoms with Crippen LogP contribution in [0.3, 0.4) is 0 Å². The van der Waals surface area contributed by atoms with Gasteiger partial charge in [-0.05, 0) is 43.2 Å². The zero-order valence-corrected chi connectivity index (χ0v) is 13.0. The Bertz CT molecular complexity index is 639. The van der Waals surface area contributed by atoms with Gasteiger partial charge in [0.25, 0.3) is 0 Å². The zero-order chi connectivity index (χ0) is 15.4. The lowest BCUT2D eigenvalue weighted by Gasteiger charge is -2.33. The highest BCUT2D eigenvalue weighted by molar-refractivity contribution is 6.30. The van der Waals surface area contributed by atoms with Gasteiger partial charge in [0.05, 0.1) is 11.9 Å². The number of nitrogens with one attached hydrogen (secondary N) is 1. The molecule has 0 bridgehead atoms. The molecular formula is C17H18ClN3O. The number of carbonyl (C=O) groups is 1.